The van der Waals surface area contributed by atoms with Crippen molar-refractivity contribution in [2.24, 2.45) is 0 Å². The van der Waals surface area contributed by atoms with Crippen molar-refractivity contribution < 1.29 is 9.59 Å². The lowest BCUT2D eigenvalue weighted by atomic mass is 9.81. The summed E-state index contributed by atoms with van der Waals surface area (Å²) >= 11 is 3.37. The third-order valence-electron chi connectivity index (χ3n) is 3.91. The molecule has 1 aliphatic heterocycles. The van der Waals surface area contributed by atoms with Gasteiger partial charge in [-0.2, -0.15) is 0 Å². The summed E-state index contributed by atoms with van der Waals surface area (Å²) in [6, 6.07) is 16.7. The zero-order valence-electron chi connectivity index (χ0n) is 11.5. The number of hydrogen-bond donors (Lipinski definition) is 0. The summed E-state index contributed by atoms with van der Waals surface area (Å²) in [4.78, 5) is 26.5. The molecule has 1 fully saturated rings. The van der Waals surface area contributed by atoms with Crippen molar-refractivity contribution in [1.29, 1.82) is 0 Å². The first-order valence-corrected chi connectivity index (χ1v) is 7.50. The van der Waals surface area contributed by atoms with Gasteiger partial charge in [-0.25, -0.2) is 4.90 Å². The van der Waals surface area contributed by atoms with Crippen LogP contribution in [0, 0.1) is 0 Å². The van der Waals surface area contributed by atoms with Crippen molar-refractivity contribution in [1.82, 2.24) is 0 Å². The highest BCUT2D eigenvalue weighted by Gasteiger charge is 2.49. The van der Waals surface area contributed by atoms with Gasteiger partial charge < -0.3 is 0 Å². The number of anilines is 1. The molecule has 1 heterocycles. The number of nitrogens with zero attached hydrogens (tertiary/aromatic N) is 1. The summed E-state index contributed by atoms with van der Waals surface area (Å²) in [5, 5.41) is 0. The van der Waals surface area contributed by atoms with E-state index in [2.05, 4.69) is 15.9 Å². The van der Waals surface area contributed by atoms with E-state index < -0.39 is 5.41 Å². The molecule has 2 amide bonds. The SMILES string of the molecule is CC1(c2ccccc2)CC(=O)N(c2cccc(Br)c2)C1=O. The third kappa shape index (κ3) is 2.29. The fourth-order valence-corrected chi connectivity index (χ4v) is 3.11. The van der Waals surface area contributed by atoms with Gasteiger partial charge in [-0.15, -0.1) is 0 Å². The number of imide groups is 1. The molecule has 1 unspecified atom stereocenters. The van der Waals surface area contributed by atoms with Crippen molar-refractivity contribution in [3.05, 3.63) is 64.6 Å². The molecule has 21 heavy (non-hydrogen) atoms. The molecule has 1 saturated heterocycles. The van der Waals surface area contributed by atoms with E-state index in [1.807, 2.05) is 49.4 Å². The van der Waals surface area contributed by atoms with Crippen molar-refractivity contribution >= 4 is 33.4 Å². The second kappa shape index (κ2) is 5.11. The van der Waals surface area contributed by atoms with Crippen LogP contribution in [0.4, 0.5) is 5.69 Å². The Bertz CT molecular complexity index is 714. The molecule has 0 N–H and O–H groups in total. The molecule has 0 radical (unpaired) electrons. The van der Waals surface area contributed by atoms with E-state index in [1.54, 1.807) is 12.1 Å². The number of amides is 2. The van der Waals surface area contributed by atoms with E-state index in [9.17, 15) is 9.59 Å². The Hall–Kier alpha value is -1.94. The van der Waals surface area contributed by atoms with Crippen LogP contribution >= 0.6 is 15.9 Å². The van der Waals surface area contributed by atoms with E-state index in [1.165, 1.54) is 4.90 Å². The van der Waals surface area contributed by atoms with Gasteiger partial charge in [0.25, 0.3) is 0 Å². The van der Waals surface area contributed by atoms with Gasteiger partial charge in [0.2, 0.25) is 11.8 Å². The molecule has 0 spiro atoms. The van der Waals surface area contributed by atoms with Crippen molar-refractivity contribution in [2.45, 2.75) is 18.8 Å². The molecule has 2 aromatic carbocycles. The van der Waals surface area contributed by atoms with Gasteiger partial charge in [0, 0.05) is 10.9 Å². The van der Waals surface area contributed by atoms with Crippen LogP contribution in [0.3, 0.4) is 0 Å². The first-order valence-electron chi connectivity index (χ1n) is 6.71. The third-order valence-corrected chi connectivity index (χ3v) is 4.40. The number of benzene rings is 2. The van der Waals surface area contributed by atoms with Gasteiger partial charge in [0.05, 0.1) is 11.1 Å². The van der Waals surface area contributed by atoms with Gasteiger partial charge >= 0.3 is 0 Å². The Labute approximate surface area is 131 Å². The van der Waals surface area contributed by atoms with E-state index >= 15 is 0 Å². The maximum atomic E-state index is 12.8. The maximum absolute atomic E-state index is 12.8. The molecular weight excluding hydrogens is 330 g/mol. The fourth-order valence-electron chi connectivity index (χ4n) is 2.73. The normalized spacial score (nSPS) is 21.9. The minimum atomic E-state index is -0.791. The number of halogens is 1. The Balaban J connectivity index is 2.04. The molecule has 1 aliphatic rings. The van der Waals surface area contributed by atoms with Crippen LogP contribution in [0.1, 0.15) is 18.9 Å². The highest BCUT2D eigenvalue weighted by molar-refractivity contribution is 9.10. The summed E-state index contributed by atoms with van der Waals surface area (Å²) in [6.45, 7) is 1.83. The number of carbonyl (C=O) groups is 2. The molecule has 106 valence electrons. The molecule has 3 nitrogen and oxygen atoms in total. The second-order valence-electron chi connectivity index (χ2n) is 5.39. The highest BCUT2D eigenvalue weighted by Crippen LogP contribution is 2.38. The molecule has 0 saturated carbocycles. The smallest absolute Gasteiger partial charge is 0.244 e. The monoisotopic (exact) mass is 343 g/mol. The van der Waals surface area contributed by atoms with Gasteiger partial charge in [0.1, 0.15) is 0 Å². The lowest BCUT2D eigenvalue weighted by Gasteiger charge is -2.22. The highest BCUT2D eigenvalue weighted by atomic mass is 79.9. The molecule has 1 atom stereocenters. The molecule has 2 aromatic rings. The van der Waals surface area contributed by atoms with Gasteiger partial charge in [-0.1, -0.05) is 52.3 Å². The zero-order chi connectivity index (χ0) is 15.0. The predicted molar refractivity (Wildman–Crippen MR) is 85.0 cm³/mol. The standard InChI is InChI=1S/C17H14BrNO2/c1-17(12-6-3-2-4-7-12)11-15(20)19(16(17)21)14-9-5-8-13(18)10-14/h2-10H,11H2,1H3. The Kier molecular flexibility index (Phi) is 3.41. The maximum Gasteiger partial charge on any atom is 0.244 e. The molecule has 3 rings (SSSR count). The summed E-state index contributed by atoms with van der Waals surface area (Å²) < 4.78 is 0.842. The zero-order valence-corrected chi connectivity index (χ0v) is 13.1. The van der Waals surface area contributed by atoms with Gasteiger partial charge in [-0.05, 0) is 30.7 Å². The predicted octanol–water partition coefficient (Wildman–Crippen LogP) is 3.67. The van der Waals surface area contributed by atoms with Crippen LogP contribution in [0.25, 0.3) is 0 Å². The van der Waals surface area contributed by atoms with Crippen LogP contribution in [0.15, 0.2) is 59.1 Å². The average Bonchev–Trinajstić information content (AvgIpc) is 2.71. The molecule has 0 aromatic heterocycles. The summed E-state index contributed by atoms with van der Waals surface area (Å²) in [7, 11) is 0. The summed E-state index contributed by atoms with van der Waals surface area (Å²) in [5.41, 5.74) is 0.695. The largest absolute Gasteiger partial charge is 0.274 e. The van der Waals surface area contributed by atoms with E-state index in [4.69, 9.17) is 0 Å². The molecule has 4 heteroatoms. The van der Waals surface area contributed by atoms with Gasteiger partial charge in [0.15, 0.2) is 0 Å². The van der Waals surface area contributed by atoms with Crippen LogP contribution in [0.5, 0.6) is 0 Å². The lowest BCUT2D eigenvalue weighted by molar-refractivity contribution is -0.122. The quantitative estimate of drug-likeness (QED) is 0.780. The average molecular weight is 344 g/mol. The van der Waals surface area contributed by atoms with Crippen molar-refractivity contribution in [3.63, 3.8) is 0 Å². The Morgan fingerprint density at radius 1 is 1.05 bits per heavy atom. The fraction of sp³-hybridized carbons (Fsp3) is 0.176. The summed E-state index contributed by atoms with van der Waals surface area (Å²) in [5.74, 6) is -0.332. The Morgan fingerprint density at radius 3 is 2.43 bits per heavy atom. The van der Waals surface area contributed by atoms with Gasteiger partial charge in [-0.3, -0.25) is 9.59 Å². The molecule has 0 aliphatic carbocycles. The Morgan fingerprint density at radius 2 is 1.76 bits per heavy atom. The van der Waals surface area contributed by atoms with Crippen molar-refractivity contribution in [3.8, 4) is 0 Å². The van der Waals surface area contributed by atoms with E-state index in [0.717, 1.165) is 10.0 Å². The summed E-state index contributed by atoms with van der Waals surface area (Å²) in [6.07, 6.45) is 0.197. The van der Waals surface area contributed by atoms with Crippen LogP contribution in [0.2, 0.25) is 0 Å². The topological polar surface area (TPSA) is 37.4 Å². The van der Waals surface area contributed by atoms with Crippen molar-refractivity contribution in [2.75, 3.05) is 4.90 Å². The first-order chi connectivity index (χ1) is 10.0. The minimum absolute atomic E-state index is 0.163. The number of carbonyl (C=O) groups excluding carboxylic acids is 2. The van der Waals surface area contributed by atoms with E-state index in [-0.39, 0.29) is 18.2 Å². The lowest BCUT2D eigenvalue weighted by Crippen LogP contribution is -2.36. The molecular formula is C17H14BrNO2. The second-order valence-corrected chi connectivity index (χ2v) is 6.30. The number of hydrogen-bond acceptors (Lipinski definition) is 2. The first kappa shape index (κ1) is 14.0. The minimum Gasteiger partial charge on any atom is -0.274 e. The van der Waals surface area contributed by atoms with Crippen LogP contribution in [-0.4, -0.2) is 11.8 Å². The van der Waals surface area contributed by atoms with Crippen LogP contribution < -0.4 is 4.90 Å². The van der Waals surface area contributed by atoms with E-state index in [0.29, 0.717) is 5.69 Å². The van der Waals surface area contributed by atoms with Crippen LogP contribution in [-0.2, 0) is 15.0 Å². The number of rotatable bonds is 2. The molecule has 0 bridgehead atoms.